The van der Waals surface area contributed by atoms with Crippen LogP contribution in [0.25, 0.3) is 0 Å². The molecule has 15 heteroatoms. The quantitative estimate of drug-likeness (QED) is 0.105. The molecule has 0 aliphatic carbocycles. The third-order valence-corrected chi connectivity index (χ3v) is 5.39. The van der Waals surface area contributed by atoms with Crippen LogP contribution in [0.15, 0.2) is 0 Å². The van der Waals surface area contributed by atoms with E-state index in [1.54, 1.807) is 6.92 Å². The van der Waals surface area contributed by atoms with Gasteiger partial charge in [-0.1, -0.05) is 0 Å². The normalized spacial score (nSPS) is 39.3. The van der Waals surface area contributed by atoms with Crippen molar-refractivity contribution in [3.8, 4) is 0 Å². The average Bonchev–Trinajstić information content (AvgIpc) is 3.01. The Labute approximate surface area is 185 Å². The highest BCUT2D eigenvalue weighted by atomic mass is 16.7. The van der Waals surface area contributed by atoms with E-state index in [1.807, 2.05) is 0 Å². The van der Waals surface area contributed by atoms with Gasteiger partial charge < -0.3 is 72.7 Å². The molecule has 188 valence electrons. The number of nitrogens with two attached hydrogens (primary N) is 4. The van der Waals surface area contributed by atoms with Crippen LogP contribution in [-0.2, 0) is 18.9 Å². The highest BCUT2D eigenvalue weighted by Gasteiger charge is 2.47. The molecule has 12 atom stereocenters. The van der Waals surface area contributed by atoms with Crippen LogP contribution in [0.2, 0.25) is 0 Å². The lowest BCUT2D eigenvalue weighted by atomic mass is 10.00. The van der Waals surface area contributed by atoms with Gasteiger partial charge in [0.15, 0.2) is 18.5 Å². The van der Waals surface area contributed by atoms with E-state index in [2.05, 4.69) is 5.32 Å². The third kappa shape index (κ3) is 6.43. The summed E-state index contributed by atoms with van der Waals surface area (Å²) in [6, 6.07) is -1.90. The zero-order chi connectivity index (χ0) is 24.2. The van der Waals surface area contributed by atoms with Gasteiger partial charge in [-0.2, -0.15) is 0 Å². The third-order valence-electron chi connectivity index (χ3n) is 5.39. The first-order valence-corrected chi connectivity index (χ1v) is 10.2. The van der Waals surface area contributed by atoms with Crippen LogP contribution in [-0.4, -0.2) is 125 Å². The number of nitrogens with one attached hydrogen (secondary N) is 2. The molecular weight excluding hydrogens is 432 g/mol. The van der Waals surface area contributed by atoms with Crippen molar-refractivity contribution >= 4 is 5.96 Å². The molecule has 2 fully saturated rings. The highest BCUT2D eigenvalue weighted by molar-refractivity contribution is 5.74. The molecule has 32 heavy (non-hydrogen) atoms. The second-order valence-corrected chi connectivity index (χ2v) is 8.02. The number of guanidine groups is 1. The molecule has 2 aliphatic heterocycles. The summed E-state index contributed by atoms with van der Waals surface area (Å²) in [7, 11) is 0. The number of ether oxygens (including phenoxy) is 4. The van der Waals surface area contributed by atoms with Gasteiger partial charge in [-0.15, -0.1) is 0 Å². The van der Waals surface area contributed by atoms with E-state index in [0.717, 1.165) is 0 Å². The topological polar surface area (TPSA) is 278 Å². The Morgan fingerprint density at radius 3 is 2.31 bits per heavy atom. The lowest BCUT2D eigenvalue weighted by Gasteiger charge is -2.41. The number of rotatable bonds is 10. The summed E-state index contributed by atoms with van der Waals surface area (Å²) in [5.74, 6) is -0.349. The first-order valence-electron chi connectivity index (χ1n) is 10.2. The zero-order valence-corrected chi connectivity index (χ0v) is 17.7. The second kappa shape index (κ2) is 11.8. The van der Waals surface area contributed by atoms with E-state index in [9.17, 15) is 25.5 Å². The molecule has 15 nitrogen and oxygen atoms in total. The van der Waals surface area contributed by atoms with Crippen molar-refractivity contribution in [1.29, 1.82) is 5.41 Å². The monoisotopic (exact) mass is 468 g/mol. The van der Waals surface area contributed by atoms with Gasteiger partial charge in [0, 0.05) is 19.1 Å². The predicted molar refractivity (Wildman–Crippen MR) is 109 cm³/mol. The minimum Gasteiger partial charge on any atom is -0.389 e. The summed E-state index contributed by atoms with van der Waals surface area (Å²) in [4.78, 5) is 0. The number of aliphatic hydroxyl groups excluding tert-OH is 5. The van der Waals surface area contributed by atoms with E-state index in [-0.39, 0.29) is 25.7 Å². The van der Waals surface area contributed by atoms with Crippen molar-refractivity contribution in [2.24, 2.45) is 22.9 Å². The van der Waals surface area contributed by atoms with Gasteiger partial charge >= 0.3 is 0 Å². The molecule has 0 radical (unpaired) electrons. The zero-order valence-electron chi connectivity index (χ0n) is 17.7. The van der Waals surface area contributed by atoms with Crippen LogP contribution in [0.5, 0.6) is 0 Å². The molecular formula is C17H36N6O9. The van der Waals surface area contributed by atoms with E-state index >= 15 is 0 Å². The number of hydrogen-bond donors (Lipinski definition) is 11. The molecule has 4 unspecified atom stereocenters. The van der Waals surface area contributed by atoms with Crippen molar-refractivity contribution in [2.45, 2.75) is 80.4 Å². The lowest BCUT2D eigenvalue weighted by Crippen LogP contribution is -2.62. The Morgan fingerprint density at radius 2 is 1.75 bits per heavy atom. The Morgan fingerprint density at radius 1 is 1.12 bits per heavy atom. The maximum absolute atomic E-state index is 10.5. The summed E-state index contributed by atoms with van der Waals surface area (Å²) in [5, 5.41) is 60.4. The van der Waals surface area contributed by atoms with Crippen molar-refractivity contribution in [1.82, 2.24) is 5.32 Å². The molecule has 0 aromatic rings. The molecule has 2 aliphatic rings. The molecule has 0 spiro atoms. The Hall–Kier alpha value is -1.21. The fourth-order valence-corrected chi connectivity index (χ4v) is 3.49. The lowest BCUT2D eigenvalue weighted by molar-refractivity contribution is -0.284. The predicted octanol–water partition coefficient (Wildman–Crippen LogP) is -6.24. The molecule has 0 saturated carbocycles. The Kier molecular flexibility index (Phi) is 9.95. The number of aliphatic hydroxyl groups is 5. The summed E-state index contributed by atoms with van der Waals surface area (Å²) < 4.78 is 22.4. The molecule has 15 N–H and O–H groups in total. The Balaban J connectivity index is 2.15. The van der Waals surface area contributed by atoms with E-state index in [4.69, 9.17) is 47.3 Å². The first kappa shape index (κ1) is 27.0. The summed E-state index contributed by atoms with van der Waals surface area (Å²) >= 11 is 0. The molecule has 0 bridgehead atoms. The fraction of sp³-hybridized carbons (Fsp3) is 0.941. The minimum absolute atomic E-state index is 0.0737. The van der Waals surface area contributed by atoms with Crippen LogP contribution in [0.4, 0.5) is 0 Å². The summed E-state index contributed by atoms with van der Waals surface area (Å²) in [5.41, 5.74) is 22.7. The second-order valence-electron chi connectivity index (χ2n) is 8.02. The van der Waals surface area contributed by atoms with Crippen LogP contribution in [0.3, 0.4) is 0 Å². The Bertz CT molecular complexity index is 605. The maximum Gasteiger partial charge on any atom is 0.187 e. The minimum atomic E-state index is -1.50. The van der Waals surface area contributed by atoms with Gasteiger partial charge in [0.2, 0.25) is 0 Å². The molecule has 2 saturated heterocycles. The van der Waals surface area contributed by atoms with Crippen molar-refractivity contribution in [3.05, 3.63) is 0 Å². The molecule has 0 aromatic carbocycles. The van der Waals surface area contributed by atoms with Crippen molar-refractivity contribution < 1.29 is 44.5 Å². The van der Waals surface area contributed by atoms with Gasteiger partial charge in [-0.25, -0.2) is 0 Å². The SMILES string of the molecule is CC(N)[C@@H](O[C@H]1OC[C@@H](O)[C@H](O)C1N)[C@H](O[C@@H]1O[C@H](CNC(=N)N)C(O)[C@@H]1O)C(O)CN. The summed E-state index contributed by atoms with van der Waals surface area (Å²) in [6.45, 7) is 0.981. The average molecular weight is 469 g/mol. The summed E-state index contributed by atoms with van der Waals surface area (Å²) in [6.07, 6.45) is -12.6. The van der Waals surface area contributed by atoms with E-state index < -0.39 is 73.5 Å². The first-order chi connectivity index (χ1) is 15.0. The van der Waals surface area contributed by atoms with Gasteiger partial charge in [0.25, 0.3) is 0 Å². The highest BCUT2D eigenvalue weighted by Crippen LogP contribution is 2.27. The maximum atomic E-state index is 10.5. The van der Waals surface area contributed by atoms with Gasteiger partial charge in [0.1, 0.15) is 42.7 Å². The molecule has 2 rings (SSSR count). The molecule has 0 aromatic heterocycles. The van der Waals surface area contributed by atoms with Crippen molar-refractivity contribution in [3.63, 3.8) is 0 Å². The smallest absolute Gasteiger partial charge is 0.187 e. The van der Waals surface area contributed by atoms with Gasteiger partial charge in [0.05, 0.1) is 18.8 Å². The largest absolute Gasteiger partial charge is 0.389 e. The molecule has 2 heterocycles. The number of hydrogen-bond acceptors (Lipinski definition) is 13. The molecule has 0 amide bonds. The standard InChI is InChI=1S/C17H36N6O9/c1-5(19)13(31-15-9(20)10(26)7(25)4-29-15)14(6(24)2-18)32-16-12(28)11(27)8(30-16)3-23-17(21)22/h5-16,24-28H,2-4,18-20H2,1H3,(H4,21,22,23)/t5?,6?,7-,8-,9?,10+,11?,12+,13-,14-,15-,16+/m1/s1. The van der Waals surface area contributed by atoms with Crippen LogP contribution >= 0.6 is 0 Å². The van der Waals surface area contributed by atoms with Crippen molar-refractivity contribution in [2.75, 3.05) is 19.7 Å². The van der Waals surface area contributed by atoms with Crippen LogP contribution in [0.1, 0.15) is 6.92 Å². The van der Waals surface area contributed by atoms with E-state index in [1.165, 1.54) is 0 Å². The van der Waals surface area contributed by atoms with Gasteiger partial charge in [-0.3, -0.25) is 5.41 Å². The fourth-order valence-electron chi connectivity index (χ4n) is 3.49. The van der Waals surface area contributed by atoms with E-state index in [0.29, 0.717) is 0 Å². The van der Waals surface area contributed by atoms with Crippen LogP contribution < -0.4 is 28.3 Å². The van der Waals surface area contributed by atoms with Gasteiger partial charge in [-0.05, 0) is 6.92 Å². The van der Waals surface area contributed by atoms with Crippen LogP contribution in [0, 0.1) is 5.41 Å².